The van der Waals surface area contributed by atoms with Gasteiger partial charge in [-0.2, -0.15) is 0 Å². The molecule has 0 aromatic heterocycles. The number of ether oxygens (including phenoxy) is 2. The van der Waals surface area contributed by atoms with E-state index < -0.39 is 24.2 Å². The first-order chi connectivity index (χ1) is 12.5. The highest BCUT2D eigenvalue weighted by atomic mass is 16.5. The number of carbonyl (C=O) groups excluding carboxylic acids is 2. The summed E-state index contributed by atoms with van der Waals surface area (Å²) in [6.45, 7) is 0.881. The molecule has 2 amide bonds. The molecule has 0 bridgehead atoms. The summed E-state index contributed by atoms with van der Waals surface area (Å²) < 4.78 is 9.92. The molecule has 1 aliphatic heterocycles. The van der Waals surface area contributed by atoms with Gasteiger partial charge in [-0.25, -0.2) is 9.59 Å². The molecule has 0 radical (unpaired) electrons. The molecular formula is C18H24N2O6. The van der Waals surface area contributed by atoms with Gasteiger partial charge < -0.3 is 24.8 Å². The van der Waals surface area contributed by atoms with Gasteiger partial charge in [0.15, 0.2) is 0 Å². The van der Waals surface area contributed by atoms with Crippen LogP contribution in [0.1, 0.15) is 24.8 Å². The Morgan fingerprint density at radius 2 is 1.88 bits per heavy atom. The molecule has 8 nitrogen and oxygen atoms in total. The number of rotatable bonds is 6. The van der Waals surface area contributed by atoms with Crippen molar-refractivity contribution in [3.63, 3.8) is 0 Å². The third-order valence-electron chi connectivity index (χ3n) is 4.51. The lowest BCUT2D eigenvalue weighted by Gasteiger charge is -2.34. The summed E-state index contributed by atoms with van der Waals surface area (Å²) >= 11 is 0. The number of likely N-dealkylation sites (tertiary alicyclic amines) is 1. The van der Waals surface area contributed by atoms with Crippen LogP contribution in [0.15, 0.2) is 30.3 Å². The summed E-state index contributed by atoms with van der Waals surface area (Å²) in [4.78, 5) is 36.1. The SMILES string of the molecule is COC(=O)CC(NC(=O)OCc1ccccc1)C1CCN(C(=O)O)CC1. The van der Waals surface area contributed by atoms with Crippen molar-refractivity contribution in [1.29, 1.82) is 0 Å². The molecule has 1 atom stereocenters. The minimum atomic E-state index is -0.955. The fraction of sp³-hybridized carbons (Fsp3) is 0.500. The second-order valence-electron chi connectivity index (χ2n) is 6.20. The normalized spacial score (nSPS) is 15.8. The number of nitrogens with one attached hydrogen (secondary N) is 1. The maximum Gasteiger partial charge on any atom is 0.407 e. The van der Waals surface area contributed by atoms with Gasteiger partial charge in [0, 0.05) is 19.1 Å². The predicted octanol–water partition coefficient (Wildman–Crippen LogP) is 2.23. The largest absolute Gasteiger partial charge is 0.469 e. The zero-order chi connectivity index (χ0) is 18.9. The molecule has 0 saturated carbocycles. The highest BCUT2D eigenvalue weighted by Crippen LogP contribution is 2.23. The van der Waals surface area contributed by atoms with Crippen molar-refractivity contribution in [1.82, 2.24) is 10.2 Å². The molecule has 26 heavy (non-hydrogen) atoms. The number of benzene rings is 1. The fourth-order valence-electron chi connectivity index (χ4n) is 3.01. The van der Waals surface area contributed by atoms with E-state index in [9.17, 15) is 14.4 Å². The topological polar surface area (TPSA) is 105 Å². The fourth-order valence-corrected chi connectivity index (χ4v) is 3.01. The minimum absolute atomic E-state index is 0.0195. The molecule has 8 heteroatoms. The van der Waals surface area contributed by atoms with Crippen LogP contribution in [-0.4, -0.2) is 54.4 Å². The van der Waals surface area contributed by atoms with E-state index in [0.29, 0.717) is 25.9 Å². The first-order valence-corrected chi connectivity index (χ1v) is 8.51. The van der Waals surface area contributed by atoms with E-state index in [2.05, 4.69) is 5.32 Å². The average Bonchev–Trinajstić information content (AvgIpc) is 2.66. The monoisotopic (exact) mass is 364 g/mol. The number of carbonyl (C=O) groups is 3. The Hall–Kier alpha value is -2.77. The lowest BCUT2D eigenvalue weighted by Crippen LogP contribution is -2.47. The number of methoxy groups -OCH3 is 1. The zero-order valence-corrected chi connectivity index (χ0v) is 14.7. The van der Waals surface area contributed by atoms with E-state index >= 15 is 0 Å². The smallest absolute Gasteiger partial charge is 0.407 e. The number of hydrogen-bond donors (Lipinski definition) is 2. The summed E-state index contributed by atoms with van der Waals surface area (Å²) in [5, 5.41) is 11.8. The Morgan fingerprint density at radius 1 is 1.23 bits per heavy atom. The molecule has 1 aromatic carbocycles. The van der Waals surface area contributed by atoms with Gasteiger partial charge in [-0.1, -0.05) is 30.3 Å². The molecule has 0 spiro atoms. The Kier molecular flexibility index (Phi) is 7.25. The first kappa shape index (κ1) is 19.6. The van der Waals surface area contributed by atoms with Crippen LogP contribution in [0.3, 0.4) is 0 Å². The summed E-state index contributed by atoms with van der Waals surface area (Å²) in [6.07, 6.45) is -0.416. The molecule has 1 unspecified atom stereocenters. The van der Waals surface area contributed by atoms with Gasteiger partial charge in [-0.15, -0.1) is 0 Å². The van der Waals surface area contributed by atoms with Crippen molar-refractivity contribution < 1.29 is 29.0 Å². The van der Waals surface area contributed by atoms with Crippen LogP contribution in [0.2, 0.25) is 0 Å². The van der Waals surface area contributed by atoms with Gasteiger partial charge >= 0.3 is 18.2 Å². The highest BCUT2D eigenvalue weighted by Gasteiger charge is 2.31. The van der Waals surface area contributed by atoms with Crippen molar-refractivity contribution in [3.05, 3.63) is 35.9 Å². The van der Waals surface area contributed by atoms with Gasteiger partial charge in [-0.3, -0.25) is 4.79 Å². The van der Waals surface area contributed by atoms with E-state index in [1.165, 1.54) is 12.0 Å². The predicted molar refractivity (Wildman–Crippen MR) is 92.5 cm³/mol. The Bertz CT molecular complexity index is 613. The number of hydrogen-bond acceptors (Lipinski definition) is 5. The third kappa shape index (κ3) is 5.94. The van der Waals surface area contributed by atoms with Crippen LogP contribution in [-0.2, 0) is 20.9 Å². The van der Waals surface area contributed by atoms with E-state index in [-0.39, 0.29) is 18.9 Å². The molecule has 1 heterocycles. The van der Waals surface area contributed by atoms with Crippen LogP contribution in [0.25, 0.3) is 0 Å². The maximum absolute atomic E-state index is 12.1. The second-order valence-corrected chi connectivity index (χ2v) is 6.20. The van der Waals surface area contributed by atoms with Crippen molar-refractivity contribution in [2.45, 2.75) is 31.9 Å². The molecule has 1 fully saturated rings. The lowest BCUT2D eigenvalue weighted by atomic mass is 9.87. The number of nitrogens with zero attached hydrogens (tertiary/aromatic N) is 1. The second kappa shape index (κ2) is 9.65. The van der Waals surface area contributed by atoms with Crippen LogP contribution < -0.4 is 5.32 Å². The summed E-state index contributed by atoms with van der Waals surface area (Å²) in [5.41, 5.74) is 0.863. The van der Waals surface area contributed by atoms with E-state index in [4.69, 9.17) is 14.6 Å². The van der Waals surface area contributed by atoms with Crippen molar-refractivity contribution in [3.8, 4) is 0 Å². The van der Waals surface area contributed by atoms with Crippen LogP contribution >= 0.6 is 0 Å². The first-order valence-electron chi connectivity index (χ1n) is 8.51. The standard InChI is InChI=1S/C18H24N2O6/c1-25-16(21)11-15(14-7-9-20(10-8-14)18(23)24)19-17(22)26-12-13-5-3-2-4-6-13/h2-6,14-15H,7-12H2,1H3,(H,19,22)(H,23,24). The van der Waals surface area contributed by atoms with Crippen LogP contribution in [0.4, 0.5) is 9.59 Å². The number of carboxylic acid groups (broad SMARTS) is 1. The zero-order valence-electron chi connectivity index (χ0n) is 14.7. The molecular weight excluding hydrogens is 340 g/mol. The van der Waals surface area contributed by atoms with Gasteiger partial charge in [0.2, 0.25) is 0 Å². The number of amides is 2. The molecule has 2 N–H and O–H groups in total. The average molecular weight is 364 g/mol. The Labute approximate surface area is 152 Å². The molecule has 2 rings (SSSR count). The minimum Gasteiger partial charge on any atom is -0.469 e. The van der Waals surface area contributed by atoms with E-state index in [1.54, 1.807) is 0 Å². The van der Waals surface area contributed by atoms with Gasteiger partial charge in [0.25, 0.3) is 0 Å². The van der Waals surface area contributed by atoms with Gasteiger partial charge in [-0.05, 0) is 24.3 Å². The summed E-state index contributed by atoms with van der Waals surface area (Å²) in [6, 6.07) is 8.82. The Morgan fingerprint density at radius 3 is 2.46 bits per heavy atom. The van der Waals surface area contributed by atoms with Crippen LogP contribution in [0, 0.1) is 5.92 Å². The molecule has 0 aliphatic carbocycles. The maximum atomic E-state index is 12.1. The summed E-state index contributed by atoms with van der Waals surface area (Å²) in [7, 11) is 1.29. The third-order valence-corrected chi connectivity index (χ3v) is 4.51. The van der Waals surface area contributed by atoms with Crippen molar-refractivity contribution in [2.75, 3.05) is 20.2 Å². The van der Waals surface area contributed by atoms with Crippen LogP contribution in [0.5, 0.6) is 0 Å². The highest BCUT2D eigenvalue weighted by molar-refractivity contribution is 5.72. The lowest BCUT2D eigenvalue weighted by molar-refractivity contribution is -0.141. The molecule has 1 aromatic rings. The van der Waals surface area contributed by atoms with Gasteiger partial charge in [0.05, 0.1) is 13.5 Å². The molecule has 1 aliphatic rings. The molecule has 142 valence electrons. The van der Waals surface area contributed by atoms with Gasteiger partial charge in [0.1, 0.15) is 6.61 Å². The summed E-state index contributed by atoms with van der Waals surface area (Å²) in [5.74, 6) is -0.451. The number of piperidine rings is 1. The Balaban J connectivity index is 1.90. The van der Waals surface area contributed by atoms with Crippen molar-refractivity contribution in [2.24, 2.45) is 5.92 Å². The van der Waals surface area contributed by atoms with E-state index in [1.807, 2.05) is 30.3 Å². The quantitative estimate of drug-likeness (QED) is 0.750. The number of esters is 1. The van der Waals surface area contributed by atoms with E-state index in [0.717, 1.165) is 5.56 Å². The molecule has 1 saturated heterocycles. The number of alkyl carbamates (subject to hydrolysis) is 1. The van der Waals surface area contributed by atoms with Crippen molar-refractivity contribution >= 4 is 18.2 Å².